The van der Waals surface area contributed by atoms with E-state index in [1.807, 2.05) is 35.2 Å². The number of nitrogens with two attached hydrogens (primary N) is 1. The van der Waals surface area contributed by atoms with Gasteiger partial charge >= 0.3 is 0 Å². The topological polar surface area (TPSA) is 75.4 Å². The zero-order chi connectivity index (χ0) is 18.4. The number of likely N-dealkylation sites (tertiary alicyclic amines) is 1. The van der Waals surface area contributed by atoms with Gasteiger partial charge in [-0.3, -0.25) is 9.59 Å². The molecule has 1 saturated carbocycles. The SMILES string of the molecule is Cl.NCC(NC(=O)C1CCN(C(=O)c2ccccc2)CC1)C1CCCCC1. The molecule has 5 nitrogen and oxygen atoms in total. The molecule has 2 aliphatic rings. The highest BCUT2D eigenvalue weighted by atomic mass is 35.5. The fourth-order valence-corrected chi connectivity index (χ4v) is 4.31. The monoisotopic (exact) mass is 393 g/mol. The lowest BCUT2D eigenvalue weighted by atomic mass is 9.83. The second-order valence-corrected chi connectivity index (χ2v) is 7.68. The number of hydrogen-bond donors (Lipinski definition) is 2. The molecule has 1 unspecified atom stereocenters. The first kappa shape index (κ1) is 21.7. The molecular formula is C21H32ClN3O2. The number of hydrogen-bond acceptors (Lipinski definition) is 3. The molecule has 1 aliphatic heterocycles. The molecule has 1 atom stereocenters. The molecule has 2 fully saturated rings. The van der Waals surface area contributed by atoms with E-state index in [0.29, 0.717) is 25.6 Å². The summed E-state index contributed by atoms with van der Waals surface area (Å²) in [5, 5.41) is 3.21. The van der Waals surface area contributed by atoms with E-state index < -0.39 is 0 Å². The van der Waals surface area contributed by atoms with Crippen molar-refractivity contribution in [2.24, 2.45) is 17.6 Å². The van der Waals surface area contributed by atoms with Crippen LogP contribution in [0.1, 0.15) is 55.3 Å². The quantitative estimate of drug-likeness (QED) is 0.807. The maximum atomic E-state index is 12.7. The van der Waals surface area contributed by atoms with E-state index >= 15 is 0 Å². The van der Waals surface area contributed by atoms with Crippen molar-refractivity contribution in [1.29, 1.82) is 0 Å². The second kappa shape index (κ2) is 10.7. The number of nitrogens with one attached hydrogen (secondary N) is 1. The molecule has 27 heavy (non-hydrogen) atoms. The molecular weight excluding hydrogens is 362 g/mol. The molecule has 2 amide bonds. The molecule has 1 saturated heterocycles. The zero-order valence-corrected chi connectivity index (χ0v) is 16.8. The number of halogens is 1. The molecule has 0 bridgehead atoms. The van der Waals surface area contributed by atoms with Crippen molar-refractivity contribution in [1.82, 2.24) is 10.2 Å². The standard InChI is InChI=1S/C21H31N3O2.ClH/c22-15-19(16-7-3-1-4-8-16)23-20(25)17-11-13-24(14-12-17)21(26)18-9-5-2-6-10-18;/h2,5-6,9-10,16-17,19H,1,3-4,7-8,11-15,22H2,(H,23,25);1H. The first-order chi connectivity index (χ1) is 12.7. The maximum Gasteiger partial charge on any atom is 0.253 e. The van der Waals surface area contributed by atoms with E-state index in [-0.39, 0.29) is 36.2 Å². The van der Waals surface area contributed by atoms with E-state index in [2.05, 4.69) is 5.32 Å². The molecule has 0 radical (unpaired) electrons. The summed E-state index contributed by atoms with van der Waals surface area (Å²) >= 11 is 0. The molecule has 3 rings (SSSR count). The van der Waals surface area contributed by atoms with E-state index in [0.717, 1.165) is 18.4 Å². The summed E-state index contributed by atoms with van der Waals surface area (Å²) in [4.78, 5) is 27.1. The zero-order valence-electron chi connectivity index (χ0n) is 15.9. The number of rotatable bonds is 5. The van der Waals surface area contributed by atoms with Gasteiger partial charge < -0.3 is 16.0 Å². The number of benzene rings is 1. The van der Waals surface area contributed by atoms with Gasteiger partial charge in [0.05, 0.1) is 0 Å². The van der Waals surface area contributed by atoms with Crippen molar-refractivity contribution in [3.05, 3.63) is 35.9 Å². The van der Waals surface area contributed by atoms with Gasteiger partial charge in [-0.2, -0.15) is 0 Å². The third-order valence-electron chi connectivity index (χ3n) is 5.97. The summed E-state index contributed by atoms with van der Waals surface area (Å²) in [7, 11) is 0. The highest BCUT2D eigenvalue weighted by Gasteiger charge is 2.30. The van der Waals surface area contributed by atoms with Gasteiger partial charge in [0.2, 0.25) is 5.91 Å². The molecule has 1 aromatic rings. The van der Waals surface area contributed by atoms with Crippen LogP contribution in [0.4, 0.5) is 0 Å². The van der Waals surface area contributed by atoms with Crippen molar-refractivity contribution < 1.29 is 9.59 Å². The van der Waals surface area contributed by atoms with Crippen LogP contribution in [0.5, 0.6) is 0 Å². The third kappa shape index (κ3) is 5.69. The van der Waals surface area contributed by atoms with Gasteiger partial charge in [0.15, 0.2) is 0 Å². The Morgan fingerprint density at radius 2 is 1.67 bits per heavy atom. The second-order valence-electron chi connectivity index (χ2n) is 7.68. The van der Waals surface area contributed by atoms with Crippen LogP contribution < -0.4 is 11.1 Å². The fourth-order valence-electron chi connectivity index (χ4n) is 4.31. The smallest absolute Gasteiger partial charge is 0.253 e. The van der Waals surface area contributed by atoms with Crippen LogP contribution in [0.3, 0.4) is 0 Å². The van der Waals surface area contributed by atoms with Crippen molar-refractivity contribution in [3.63, 3.8) is 0 Å². The highest BCUT2D eigenvalue weighted by Crippen LogP contribution is 2.27. The molecule has 1 aromatic carbocycles. The minimum Gasteiger partial charge on any atom is -0.352 e. The lowest BCUT2D eigenvalue weighted by molar-refractivity contribution is -0.127. The summed E-state index contributed by atoms with van der Waals surface area (Å²) in [5.74, 6) is 0.703. The minimum atomic E-state index is -0.00698. The van der Waals surface area contributed by atoms with Gasteiger partial charge in [0.25, 0.3) is 5.91 Å². The lowest BCUT2D eigenvalue weighted by Crippen LogP contribution is -2.50. The number of carbonyl (C=O) groups excluding carboxylic acids is 2. The Morgan fingerprint density at radius 1 is 1.04 bits per heavy atom. The Labute approximate surface area is 168 Å². The first-order valence-electron chi connectivity index (χ1n) is 10.0. The van der Waals surface area contributed by atoms with Gasteiger partial charge in [0, 0.05) is 37.2 Å². The predicted octanol–water partition coefficient (Wildman–Crippen LogP) is 2.98. The lowest BCUT2D eigenvalue weighted by Gasteiger charge is -2.34. The van der Waals surface area contributed by atoms with Crippen LogP contribution in [-0.2, 0) is 4.79 Å². The van der Waals surface area contributed by atoms with Gasteiger partial charge in [-0.15, -0.1) is 12.4 Å². The highest BCUT2D eigenvalue weighted by molar-refractivity contribution is 5.94. The van der Waals surface area contributed by atoms with Gasteiger partial charge in [-0.25, -0.2) is 0 Å². The Hall–Kier alpha value is -1.59. The van der Waals surface area contributed by atoms with Crippen LogP contribution in [0.25, 0.3) is 0 Å². The average molecular weight is 394 g/mol. The Kier molecular flexibility index (Phi) is 8.58. The number of carbonyl (C=O) groups is 2. The van der Waals surface area contributed by atoms with Crippen LogP contribution in [-0.4, -0.2) is 42.4 Å². The predicted molar refractivity (Wildman–Crippen MR) is 110 cm³/mol. The molecule has 6 heteroatoms. The Balaban J connectivity index is 0.00000261. The van der Waals surface area contributed by atoms with Crippen molar-refractivity contribution in [2.45, 2.75) is 51.0 Å². The van der Waals surface area contributed by atoms with E-state index in [9.17, 15) is 9.59 Å². The summed E-state index contributed by atoms with van der Waals surface area (Å²) in [5.41, 5.74) is 6.66. The van der Waals surface area contributed by atoms with Crippen LogP contribution in [0.2, 0.25) is 0 Å². The maximum absolute atomic E-state index is 12.7. The van der Waals surface area contributed by atoms with Crippen LogP contribution >= 0.6 is 12.4 Å². The van der Waals surface area contributed by atoms with E-state index in [1.165, 1.54) is 32.1 Å². The molecule has 0 spiro atoms. The van der Waals surface area contributed by atoms with Gasteiger partial charge in [-0.05, 0) is 43.7 Å². The third-order valence-corrected chi connectivity index (χ3v) is 5.97. The molecule has 1 heterocycles. The van der Waals surface area contributed by atoms with Crippen molar-refractivity contribution in [2.75, 3.05) is 19.6 Å². The summed E-state index contributed by atoms with van der Waals surface area (Å²) in [6.07, 6.45) is 7.60. The summed E-state index contributed by atoms with van der Waals surface area (Å²) in [6.45, 7) is 1.80. The van der Waals surface area contributed by atoms with Crippen LogP contribution in [0, 0.1) is 11.8 Å². The van der Waals surface area contributed by atoms with Gasteiger partial charge in [-0.1, -0.05) is 37.5 Å². The minimum absolute atomic E-state index is 0. The first-order valence-corrected chi connectivity index (χ1v) is 10.0. The number of amides is 2. The average Bonchev–Trinajstić information content (AvgIpc) is 2.72. The Bertz CT molecular complexity index is 597. The summed E-state index contributed by atoms with van der Waals surface area (Å²) < 4.78 is 0. The Morgan fingerprint density at radius 3 is 2.26 bits per heavy atom. The van der Waals surface area contributed by atoms with Crippen molar-refractivity contribution >= 4 is 24.2 Å². The molecule has 0 aromatic heterocycles. The largest absolute Gasteiger partial charge is 0.352 e. The number of piperidine rings is 1. The molecule has 1 aliphatic carbocycles. The normalized spacial score (nSPS) is 19.8. The summed E-state index contributed by atoms with van der Waals surface area (Å²) in [6, 6.07) is 9.46. The van der Waals surface area contributed by atoms with Crippen molar-refractivity contribution in [3.8, 4) is 0 Å². The fraction of sp³-hybridized carbons (Fsp3) is 0.619. The van der Waals surface area contributed by atoms with E-state index in [4.69, 9.17) is 5.73 Å². The number of nitrogens with zero attached hydrogens (tertiary/aromatic N) is 1. The van der Waals surface area contributed by atoms with Crippen LogP contribution in [0.15, 0.2) is 30.3 Å². The molecule has 150 valence electrons. The van der Waals surface area contributed by atoms with E-state index in [1.54, 1.807) is 0 Å². The molecule has 3 N–H and O–H groups in total. The van der Waals surface area contributed by atoms with Gasteiger partial charge in [0.1, 0.15) is 0 Å².